The van der Waals surface area contributed by atoms with E-state index in [0.717, 1.165) is 6.92 Å². The Bertz CT molecular complexity index is 206. The predicted molar refractivity (Wildman–Crippen MR) is 37.1 cm³/mol. The molecule has 0 amide bonds. The van der Waals surface area contributed by atoms with Crippen molar-refractivity contribution in [1.82, 2.24) is 0 Å². The zero-order chi connectivity index (χ0) is 9.40. The van der Waals surface area contributed by atoms with E-state index in [1.165, 1.54) is 0 Å². The van der Waals surface area contributed by atoms with E-state index in [1.54, 1.807) is 0 Å². The number of rotatable bonds is 2. The van der Waals surface area contributed by atoms with Crippen LogP contribution in [-0.2, 0) is 0 Å². The average Bonchev–Trinajstić information content (AvgIpc) is 1.60. The molecule has 0 rings (SSSR count). The van der Waals surface area contributed by atoms with Gasteiger partial charge in [0.25, 0.3) is 0 Å². The van der Waals surface area contributed by atoms with Gasteiger partial charge in [-0.3, -0.25) is 0 Å². The Morgan fingerprint density at radius 2 is 1.55 bits per heavy atom. The van der Waals surface area contributed by atoms with Gasteiger partial charge in [-0.05, 0) is 13.0 Å². The summed E-state index contributed by atoms with van der Waals surface area (Å²) in [6.45, 7) is 3.53. The zero-order valence-corrected chi connectivity index (χ0v) is 6.48. The van der Waals surface area contributed by atoms with Crippen LogP contribution >= 0.6 is 10.2 Å². The van der Waals surface area contributed by atoms with Crippen LogP contribution in [0.1, 0.15) is 6.92 Å². The van der Waals surface area contributed by atoms with Gasteiger partial charge < -0.3 is 0 Å². The highest BCUT2D eigenvalue weighted by molar-refractivity contribution is 8.48. The van der Waals surface area contributed by atoms with Gasteiger partial charge in [-0.25, -0.2) is 0 Å². The van der Waals surface area contributed by atoms with Gasteiger partial charge >= 0.3 is 10.2 Å². The van der Waals surface area contributed by atoms with Gasteiger partial charge in [-0.15, -0.1) is 0 Å². The van der Waals surface area contributed by atoms with Crippen LogP contribution in [0, 0.1) is 0 Å². The minimum Gasteiger partial charge on any atom is -0.0976 e. The highest BCUT2D eigenvalue weighted by Crippen LogP contribution is 3.02. The summed E-state index contributed by atoms with van der Waals surface area (Å²) in [4.78, 5) is -1.94. The molecule has 6 heteroatoms. The van der Waals surface area contributed by atoms with E-state index in [9.17, 15) is 19.4 Å². The lowest BCUT2D eigenvalue weighted by Crippen LogP contribution is -2.06. The monoisotopic (exact) mass is 194 g/mol. The van der Waals surface area contributed by atoms with Gasteiger partial charge in [0, 0.05) is 0 Å². The molecule has 0 fully saturated rings. The van der Waals surface area contributed by atoms with Crippen LogP contribution in [0.25, 0.3) is 0 Å². The molecule has 0 aliphatic heterocycles. The van der Waals surface area contributed by atoms with Crippen molar-refractivity contribution in [2.75, 3.05) is 0 Å². The molecule has 0 aliphatic carbocycles. The Morgan fingerprint density at radius 1 is 1.18 bits per heavy atom. The first kappa shape index (κ1) is 10.5. The number of hydrogen-bond donors (Lipinski definition) is 0. The zero-order valence-electron chi connectivity index (χ0n) is 5.66. The fraction of sp³-hybridized carbons (Fsp3) is 0.200. The summed E-state index contributed by atoms with van der Waals surface area (Å²) in [5, 5.41) is 0. The standard InChI is InChI=1S/C5H7F5S/c1-3-5(4-2)11(6,7,8,9)10/h3-4H,1H2,2H3/b5-4+. The second-order valence-electron chi connectivity index (χ2n) is 1.86. The first-order chi connectivity index (χ1) is 4.51. The van der Waals surface area contributed by atoms with Crippen LogP contribution in [0.15, 0.2) is 23.6 Å². The second kappa shape index (κ2) is 1.80. The smallest absolute Gasteiger partial charge is 0.0976 e. The van der Waals surface area contributed by atoms with E-state index >= 15 is 0 Å². The van der Waals surface area contributed by atoms with Crippen molar-refractivity contribution in [2.24, 2.45) is 0 Å². The molecule has 0 unspecified atom stereocenters. The predicted octanol–water partition coefficient (Wildman–Crippen LogP) is 4.37. The Kier molecular flexibility index (Phi) is 1.71. The van der Waals surface area contributed by atoms with Crippen LogP contribution in [-0.4, -0.2) is 0 Å². The maximum Gasteiger partial charge on any atom is 0.310 e. The molecular weight excluding hydrogens is 187 g/mol. The molecule has 0 aromatic carbocycles. The molecule has 0 spiro atoms. The van der Waals surface area contributed by atoms with Crippen LogP contribution < -0.4 is 0 Å². The quantitative estimate of drug-likeness (QED) is 0.452. The topological polar surface area (TPSA) is 0 Å². The molecule has 11 heavy (non-hydrogen) atoms. The maximum absolute atomic E-state index is 11.7. The fourth-order valence-corrected chi connectivity index (χ4v) is 1.26. The van der Waals surface area contributed by atoms with Crippen molar-refractivity contribution in [3.05, 3.63) is 23.6 Å². The summed E-state index contributed by atoms with van der Waals surface area (Å²) in [5.41, 5.74) is 0. The van der Waals surface area contributed by atoms with Crippen molar-refractivity contribution in [2.45, 2.75) is 6.92 Å². The molecule has 0 aliphatic rings. The Hall–Kier alpha value is -0.520. The van der Waals surface area contributed by atoms with Crippen molar-refractivity contribution >= 4 is 10.2 Å². The van der Waals surface area contributed by atoms with Gasteiger partial charge in [0.15, 0.2) is 0 Å². The lowest BCUT2D eigenvalue weighted by molar-refractivity contribution is 0.380. The second-order valence-corrected chi connectivity index (χ2v) is 4.27. The summed E-state index contributed by atoms with van der Waals surface area (Å²) in [7, 11) is -9.43. The third-order valence-corrected chi connectivity index (χ3v) is 2.22. The summed E-state index contributed by atoms with van der Waals surface area (Å²) < 4.78 is 58.7. The normalized spacial score (nSPS) is 20.4. The minimum atomic E-state index is -9.43. The van der Waals surface area contributed by atoms with Crippen LogP contribution in [0.2, 0.25) is 0 Å². The fourth-order valence-electron chi connectivity index (χ4n) is 0.498. The molecule has 0 atom stereocenters. The molecular formula is C5H7F5S. The van der Waals surface area contributed by atoms with E-state index < -0.39 is 15.1 Å². The average molecular weight is 194 g/mol. The third kappa shape index (κ3) is 2.92. The van der Waals surface area contributed by atoms with Gasteiger partial charge in [0.1, 0.15) is 4.91 Å². The largest absolute Gasteiger partial charge is 0.310 e. The molecule has 0 saturated heterocycles. The minimum absolute atomic E-state index is 0.113. The van der Waals surface area contributed by atoms with Gasteiger partial charge in [0.05, 0.1) is 0 Å². The van der Waals surface area contributed by atoms with Gasteiger partial charge in [-0.1, -0.05) is 32.1 Å². The van der Waals surface area contributed by atoms with Crippen LogP contribution in [0.5, 0.6) is 0 Å². The Labute approximate surface area is 61.1 Å². The van der Waals surface area contributed by atoms with Crippen molar-refractivity contribution < 1.29 is 19.4 Å². The van der Waals surface area contributed by atoms with Gasteiger partial charge in [0.2, 0.25) is 0 Å². The van der Waals surface area contributed by atoms with Crippen molar-refractivity contribution in [3.8, 4) is 0 Å². The van der Waals surface area contributed by atoms with E-state index in [2.05, 4.69) is 6.58 Å². The third-order valence-electron chi connectivity index (χ3n) is 0.931. The van der Waals surface area contributed by atoms with E-state index in [1.807, 2.05) is 0 Å². The van der Waals surface area contributed by atoms with Gasteiger partial charge in [-0.2, -0.15) is 0 Å². The molecule has 68 valence electrons. The summed E-state index contributed by atoms with van der Waals surface area (Å²) in [6.07, 6.45) is 0.413. The van der Waals surface area contributed by atoms with Crippen molar-refractivity contribution in [3.63, 3.8) is 0 Å². The van der Waals surface area contributed by atoms with E-state index in [-0.39, 0.29) is 6.08 Å². The lowest BCUT2D eigenvalue weighted by Gasteiger charge is -2.41. The number of allylic oxidation sites excluding steroid dienone is 2. The molecule has 0 aromatic heterocycles. The SMILES string of the molecule is C=C/C(=C\C)S(F)(F)(F)(F)F. The Morgan fingerprint density at radius 3 is 1.55 bits per heavy atom. The lowest BCUT2D eigenvalue weighted by atomic mass is 10.5. The molecule has 0 radical (unpaired) electrons. The van der Waals surface area contributed by atoms with Crippen LogP contribution in [0.4, 0.5) is 19.4 Å². The molecule has 0 N–H and O–H groups in total. The molecule has 0 heterocycles. The van der Waals surface area contributed by atoms with E-state index in [0.29, 0.717) is 6.08 Å². The summed E-state index contributed by atoms with van der Waals surface area (Å²) in [6, 6.07) is 0. The summed E-state index contributed by atoms with van der Waals surface area (Å²) >= 11 is 0. The first-order valence-electron chi connectivity index (χ1n) is 2.54. The molecule has 0 nitrogen and oxygen atoms in total. The first-order valence-corrected chi connectivity index (χ1v) is 4.49. The number of halogens is 5. The highest BCUT2D eigenvalue weighted by Gasteiger charge is 2.65. The highest BCUT2D eigenvalue weighted by atomic mass is 32.5. The molecule has 0 aromatic rings. The maximum atomic E-state index is 11.7. The molecule has 0 bridgehead atoms. The number of hydrogen-bond acceptors (Lipinski definition) is 0. The van der Waals surface area contributed by atoms with Crippen LogP contribution in [0.3, 0.4) is 0 Å². The summed E-state index contributed by atoms with van der Waals surface area (Å²) in [5.74, 6) is 0. The van der Waals surface area contributed by atoms with E-state index in [4.69, 9.17) is 0 Å². The Balaban J connectivity index is 5.33. The van der Waals surface area contributed by atoms with Crippen molar-refractivity contribution in [1.29, 1.82) is 0 Å². The molecule has 0 saturated carbocycles.